The standard InChI is InChI=1S/C37H76N2O4/c1-6-8-10-12-14-16-18-20-22-24-26-28-34(30-32-40)38(36(37(42)43)39(3,4)5)35(31-33-41)29-27-25-23-21-19-17-15-13-11-9-7-2/h34-36,40-41H,6-33H2,1-5H3/p+1. The SMILES string of the molecule is CCCCCCCCCCCCCC(CCO)N(C(CCO)CCCCCCCCCCCCC)C(C(=O)O)[N+](C)(C)C. The molecule has 0 aromatic rings. The van der Waals surface area contributed by atoms with Crippen molar-refractivity contribution >= 4 is 5.97 Å². The lowest BCUT2D eigenvalue weighted by atomic mass is 9.95. The summed E-state index contributed by atoms with van der Waals surface area (Å²) >= 11 is 0. The molecule has 0 rings (SSSR count). The lowest BCUT2D eigenvalue weighted by molar-refractivity contribution is -0.900. The Morgan fingerprint density at radius 3 is 1.02 bits per heavy atom. The van der Waals surface area contributed by atoms with E-state index in [9.17, 15) is 20.1 Å². The van der Waals surface area contributed by atoms with Crippen LogP contribution in [0.3, 0.4) is 0 Å². The smallest absolute Gasteiger partial charge is 0.379 e. The van der Waals surface area contributed by atoms with E-state index in [0.29, 0.717) is 17.3 Å². The number of carboxylic acid groups (broad SMARTS) is 1. The van der Waals surface area contributed by atoms with Crippen LogP contribution >= 0.6 is 0 Å². The van der Waals surface area contributed by atoms with Crippen LogP contribution in [-0.2, 0) is 4.79 Å². The van der Waals surface area contributed by atoms with Gasteiger partial charge in [-0.2, -0.15) is 0 Å². The number of aliphatic carboxylic acids is 1. The molecule has 0 spiro atoms. The molecule has 0 aromatic heterocycles. The molecule has 0 aliphatic rings. The summed E-state index contributed by atoms with van der Waals surface area (Å²) in [5.41, 5.74) is 0. The quantitative estimate of drug-likeness (QED) is 0.0390. The fourth-order valence-corrected chi connectivity index (χ4v) is 6.83. The van der Waals surface area contributed by atoms with Gasteiger partial charge in [-0.15, -0.1) is 0 Å². The van der Waals surface area contributed by atoms with Gasteiger partial charge < -0.3 is 19.8 Å². The fourth-order valence-electron chi connectivity index (χ4n) is 6.83. The summed E-state index contributed by atoms with van der Waals surface area (Å²) in [6, 6.07) is 0.0116. The van der Waals surface area contributed by atoms with Crippen molar-refractivity contribution in [3.8, 4) is 0 Å². The Labute approximate surface area is 268 Å². The molecule has 0 fully saturated rings. The van der Waals surface area contributed by atoms with Gasteiger partial charge in [0.15, 0.2) is 0 Å². The predicted molar refractivity (Wildman–Crippen MR) is 184 cm³/mol. The molecule has 0 saturated heterocycles. The van der Waals surface area contributed by atoms with E-state index in [1.54, 1.807) is 0 Å². The van der Waals surface area contributed by atoms with E-state index in [2.05, 4.69) is 18.7 Å². The van der Waals surface area contributed by atoms with Crippen LogP contribution in [0.2, 0.25) is 0 Å². The number of aliphatic hydroxyl groups is 2. The maximum atomic E-state index is 12.7. The predicted octanol–water partition coefficient (Wildman–Crippen LogP) is 9.31. The molecule has 0 amide bonds. The first-order valence-electron chi connectivity index (χ1n) is 18.8. The zero-order chi connectivity index (χ0) is 32.2. The Balaban J connectivity index is 5.04. The normalized spacial score (nSPS) is 14.3. The second kappa shape index (κ2) is 28.8. The minimum atomic E-state index is -0.809. The van der Waals surface area contributed by atoms with Crippen LogP contribution in [0.1, 0.15) is 181 Å². The maximum absolute atomic E-state index is 12.7. The van der Waals surface area contributed by atoms with Gasteiger partial charge in [-0.3, -0.25) is 0 Å². The molecule has 258 valence electrons. The van der Waals surface area contributed by atoms with Gasteiger partial charge in [0.2, 0.25) is 6.17 Å². The molecule has 0 aliphatic carbocycles. The number of likely N-dealkylation sites (N-methyl/N-ethyl adjacent to an activating group) is 1. The van der Waals surface area contributed by atoms with Crippen LogP contribution < -0.4 is 0 Å². The number of carboxylic acids is 1. The molecule has 6 nitrogen and oxygen atoms in total. The van der Waals surface area contributed by atoms with Crippen LogP contribution in [-0.4, -0.2) is 83.3 Å². The van der Waals surface area contributed by atoms with E-state index >= 15 is 0 Å². The van der Waals surface area contributed by atoms with Gasteiger partial charge in [0.05, 0.1) is 21.1 Å². The highest BCUT2D eigenvalue weighted by atomic mass is 16.4. The molecule has 0 heterocycles. The molecule has 0 aromatic carbocycles. The van der Waals surface area contributed by atoms with Crippen molar-refractivity contribution in [2.24, 2.45) is 0 Å². The Morgan fingerprint density at radius 1 is 0.512 bits per heavy atom. The van der Waals surface area contributed by atoms with Crippen molar-refractivity contribution in [1.29, 1.82) is 0 Å². The molecular formula is C37H77N2O4+. The minimum Gasteiger partial charge on any atom is -0.476 e. The first kappa shape index (κ1) is 42.3. The summed E-state index contributed by atoms with van der Waals surface area (Å²) in [7, 11) is 5.88. The van der Waals surface area contributed by atoms with E-state index in [1.165, 1.54) is 116 Å². The number of rotatable bonds is 33. The summed E-state index contributed by atoms with van der Waals surface area (Å²) in [6.07, 6.45) is 30.6. The number of nitrogens with zero attached hydrogens (tertiary/aromatic N) is 2. The molecular weight excluding hydrogens is 536 g/mol. The number of quaternary nitrogens is 1. The lowest BCUT2D eigenvalue weighted by Gasteiger charge is -2.46. The first-order valence-corrected chi connectivity index (χ1v) is 18.8. The highest BCUT2D eigenvalue weighted by Gasteiger charge is 2.43. The van der Waals surface area contributed by atoms with Gasteiger partial charge in [-0.25, -0.2) is 9.69 Å². The van der Waals surface area contributed by atoms with E-state index in [-0.39, 0.29) is 25.3 Å². The molecule has 0 aliphatic heterocycles. The Hall–Kier alpha value is -0.690. The molecule has 0 bridgehead atoms. The molecule has 3 atom stereocenters. The highest BCUT2D eigenvalue weighted by molar-refractivity contribution is 5.71. The second-order valence-electron chi connectivity index (χ2n) is 14.3. The van der Waals surface area contributed by atoms with Gasteiger partial charge in [0.25, 0.3) is 0 Å². The van der Waals surface area contributed by atoms with Crippen LogP contribution in [0.15, 0.2) is 0 Å². The molecule has 3 unspecified atom stereocenters. The van der Waals surface area contributed by atoms with Crippen LogP contribution in [0.5, 0.6) is 0 Å². The average molecular weight is 614 g/mol. The van der Waals surface area contributed by atoms with Crippen molar-refractivity contribution in [2.75, 3.05) is 34.4 Å². The molecule has 6 heteroatoms. The summed E-state index contributed by atoms with van der Waals surface area (Å²) in [6.45, 7) is 4.65. The van der Waals surface area contributed by atoms with Crippen LogP contribution in [0, 0.1) is 0 Å². The monoisotopic (exact) mass is 614 g/mol. The summed E-state index contributed by atoms with van der Waals surface area (Å²) in [5, 5.41) is 30.5. The Bertz CT molecular complexity index is 574. The number of unbranched alkanes of at least 4 members (excludes halogenated alkanes) is 20. The number of carbonyl (C=O) groups is 1. The van der Waals surface area contributed by atoms with Gasteiger partial charge in [0.1, 0.15) is 0 Å². The van der Waals surface area contributed by atoms with Gasteiger partial charge in [-0.1, -0.05) is 155 Å². The lowest BCUT2D eigenvalue weighted by Crippen LogP contribution is -2.64. The topological polar surface area (TPSA) is 81.0 Å². The highest BCUT2D eigenvalue weighted by Crippen LogP contribution is 2.28. The third-order valence-corrected chi connectivity index (χ3v) is 9.29. The molecule has 0 saturated carbocycles. The summed E-state index contributed by atoms with van der Waals surface area (Å²) < 4.78 is 0.301. The minimum absolute atomic E-state index is 0.00581. The third-order valence-electron chi connectivity index (χ3n) is 9.29. The maximum Gasteiger partial charge on any atom is 0.379 e. The summed E-state index contributed by atoms with van der Waals surface area (Å²) in [5.74, 6) is -0.809. The van der Waals surface area contributed by atoms with Crippen molar-refractivity contribution in [3.63, 3.8) is 0 Å². The zero-order valence-electron chi connectivity index (χ0n) is 29.7. The first-order chi connectivity index (χ1) is 20.7. The Morgan fingerprint density at radius 2 is 0.791 bits per heavy atom. The molecule has 43 heavy (non-hydrogen) atoms. The molecule has 3 N–H and O–H groups in total. The second-order valence-corrected chi connectivity index (χ2v) is 14.3. The van der Waals surface area contributed by atoms with Crippen molar-refractivity contribution < 1.29 is 24.6 Å². The van der Waals surface area contributed by atoms with Crippen LogP contribution in [0.4, 0.5) is 0 Å². The fraction of sp³-hybridized carbons (Fsp3) is 0.973. The molecule has 0 radical (unpaired) electrons. The van der Waals surface area contributed by atoms with Gasteiger partial charge >= 0.3 is 5.97 Å². The van der Waals surface area contributed by atoms with E-state index < -0.39 is 12.1 Å². The van der Waals surface area contributed by atoms with Crippen molar-refractivity contribution in [2.45, 2.75) is 199 Å². The Kier molecular flexibility index (Phi) is 28.3. The van der Waals surface area contributed by atoms with Crippen molar-refractivity contribution in [1.82, 2.24) is 4.90 Å². The van der Waals surface area contributed by atoms with Crippen molar-refractivity contribution in [3.05, 3.63) is 0 Å². The number of hydrogen-bond donors (Lipinski definition) is 3. The van der Waals surface area contributed by atoms with E-state index in [4.69, 9.17) is 0 Å². The third kappa shape index (κ3) is 22.5. The number of aliphatic hydroxyl groups excluding tert-OH is 2. The summed E-state index contributed by atoms with van der Waals surface area (Å²) in [4.78, 5) is 15.0. The van der Waals surface area contributed by atoms with E-state index in [0.717, 1.165) is 38.5 Å². The van der Waals surface area contributed by atoms with Gasteiger partial charge in [-0.05, 0) is 25.7 Å². The zero-order valence-corrected chi connectivity index (χ0v) is 29.7. The van der Waals surface area contributed by atoms with Crippen LogP contribution in [0.25, 0.3) is 0 Å². The number of hydrogen-bond acceptors (Lipinski definition) is 4. The largest absolute Gasteiger partial charge is 0.476 e. The average Bonchev–Trinajstić information content (AvgIpc) is 2.95. The van der Waals surface area contributed by atoms with E-state index in [1.807, 2.05) is 21.1 Å². The van der Waals surface area contributed by atoms with Gasteiger partial charge in [0, 0.05) is 25.3 Å².